The lowest BCUT2D eigenvalue weighted by atomic mass is 9.92. The lowest BCUT2D eigenvalue weighted by Crippen LogP contribution is -2.33. The van der Waals surface area contributed by atoms with Crippen molar-refractivity contribution in [1.29, 1.82) is 0 Å². The van der Waals surface area contributed by atoms with E-state index in [-0.39, 0.29) is 6.10 Å². The molecule has 1 aliphatic heterocycles. The molecule has 3 nitrogen and oxygen atoms in total. The first-order valence-corrected chi connectivity index (χ1v) is 7.20. The van der Waals surface area contributed by atoms with Gasteiger partial charge in [-0.3, -0.25) is 0 Å². The van der Waals surface area contributed by atoms with E-state index in [4.69, 9.17) is 21.1 Å². The molecule has 0 aromatic heterocycles. The van der Waals surface area contributed by atoms with Crippen molar-refractivity contribution in [3.8, 4) is 11.5 Å². The summed E-state index contributed by atoms with van der Waals surface area (Å²) in [7, 11) is 1.64. The van der Waals surface area contributed by atoms with Crippen molar-refractivity contribution < 1.29 is 9.47 Å². The van der Waals surface area contributed by atoms with E-state index in [1.165, 1.54) is 6.42 Å². The maximum atomic E-state index is 6.21. The Morgan fingerprint density at radius 3 is 2.68 bits per heavy atom. The molecule has 0 saturated carbocycles. The monoisotopic (exact) mass is 283 g/mol. The summed E-state index contributed by atoms with van der Waals surface area (Å²) in [5.74, 6) is 2.49. The highest BCUT2D eigenvalue weighted by Crippen LogP contribution is 2.33. The molecule has 0 amide bonds. The Bertz CT molecular complexity index is 417. The molecule has 1 N–H and O–H groups in total. The van der Waals surface area contributed by atoms with Gasteiger partial charge in [0.25, 0.3) is 0 Å². The predicted molar refractivity (Wildman–Crippen MR) is 78.2 cm³/mol. The third-order valence-electron chi connectivity index (χ3n) is 3.61. The minimum atomic E-state index is 0.199. The van der Waals surface area contributed by atoms with E-state index in [0.717, 1.165) is 18.8 Å². The molecule has 1 aromatic rings. The van der Waals surface area contributed by atoms with Crippen LogP contribution in [0.25, 0.3) is 0 Å². The summed E-state index contributed by atoms with van der Waals surface area (Å²) in [6, 6.07) is 5.52. The number of nitrogens with one attached hydrogen (secondary N) is 1. The first-order chi connectivity index (χ1) is 9.11. The van der Waals surface area contributed by atoms with Gasteiger partial charge in [-0.2, -0.15) is 0 Å². The van der Waals surface area contributed by atoms with Gasteiger partial charge in [0.1, 0.15) is 6.10 Å². The van der Waals surface area contributed by atoms with Crippen molar-refractivity contribution in [3.05, 3.63) is 23.2 Å². The molecule has 1 heterocycles. The second-order valence-electron chi connectivity index (χ2n) is 5.37. The van der Waals surface area contributed by atoms with Crippen molar-refractivity contribution in [3.63, 3.8) is 0 Å². The minimum Gasteiger partial charge on any atom is -0.493 e. The fourth-order valence-corrected chi connectivity index (χ4v) is 2.78. The molecule has 1 fully saturated rings. The average Bonchev–Trinajstić information content (AvgIpc) is 2.90. The Morgan fingerprint density at radius 1 is 1.32 bits per heavy atom. The van der Waals surface area contributed by atoms with Gasteiger partial charge in [-0.1, -0.05) is 25.4 Å². The number of rotatable bonds is 5. The maximum absolute atomic E-state index is 6.21. The highest BCUT2D eigenvalue weighted by molar-refractivity contribution is 6.30. The molecular formula is C15H22ClNO2. The molecule has 2 rings (SSSR count). The van der Waals surface area contributed by atoms with Gasteiger partial charge in [-0.15, -0.1) is 0 Å². The van der Waals surface area contributed by atoms with Gasteiger partial charge < -0.3 is 14.8 Å². The molecule has 0 radical (unpaired) electrons. The van der Waals surface area contributed by atoms with E-state index < -0.39 is 0 Å². The van der Waals surface area contributed by atoms with Gasteiger partial charge in [-0.25, -0.2) is 0 Å². The van der Waals surface area contributed by atoms with Crippen LogP contribution in [0.3, 0.4) is 0 Å². The number of benzene rings is 1. The van der Waals surface area contributed by atoms with Crippen molar-refractivity contribution in [1.82, 2.24) is 5.32 Å². The van der Waals surface area contributed by atoms with E-state index in [9.17, 15) is 0 Å². The first kappa shape index (κ1) is 14.5. The van der Waals surface area contributed by atoms with Crippen LogP contribution in [0.2, 0.25) is 5.02 Å². The SMILES string of the molecule is COc1cc(Cl)ccc1O[C@@H](C(C)C)C1CCNC1. The largest absolute Gasteiger partial charge is 0.493 e. The molecule has 1 unspecified atom stereocenters. The van der Waals surface area contributed by atoms with Crippen LogP contribution in [-0.4, -0.2) is 26.3 Å². The molecule has 0 bridgehead atoms. The van der Waals surface area contributed by atoms with Crippen LogP contribution in [0.15, 0.2) is 18.2 Å². The van der Waals surface area contributed by atoms with Crippen molar-refractivity contribution in [2.24, 2.45) is 11.8 Å². The van der Waals surface area contributed by atoms with E-state index in [2.05, 4.69) is 19.2 Å². The summed E-state index contributed by atoms with van der Waals surface area (Å²) < 4.78 is 11.6. The summed E-state index contributed by atoms with van der Waals surface area (Å²) in [4.78, 5) is 0. The quantitative estimate of drug-likeness (QED) is 0.899. The molecule has 0 spiro atoms. The third-order valence-corrected chi connectivity index (χ3v) is 3.84. The molecule has 106 valence electrons. The molecule has 2 atom stereocenters. The van der Waals surface area contributed by atoms with Gasteiger partial charge in [0, 0.05) is 23.6 Å². The van der Waals surface area contributed by atoms with Gasteiger partial charge >= 0.3 is 0 Å². The second-order valence-corrected chi connectivity index (χ2v) is 5.81. The maximum Gasteiger partial charge on any atom is 0.162 e. The van der Waals surface area contributed by atoms with Gasteiger partial charge in [0.05, 0.1) is 7.11 Å². The normalized spacial score (nSPS) is 20.6. The fraction of sp³-hybridized carbons (Fsp3) is 0.600. The third kappa shape index (κ3) is 3.54. The summed E-state index contributed by atoms with van der Waals surface area (Å²) >= 11 is 5.98. The molecular weight excluding hydrogens is 262 g/mol. The smallest absolute Gasteiger partial charge is 0.162 e. The topological polar surface area (TPSA) is 30.5 Å². The zero-order valence-corrected chi connectivity index (χ0v) is 12.5. The predicted octanol–water partition coefficient (Wildman–Crippen LogP) is 3.36. The average molecular weight is 284 g/mol. The van der Waals surface area contributed by atoms with Crippen LogP contribution in [0.4, 0.5) is 0 Å². The van der Waals surface area contributed by atoms with Crippen molar-refractivity contribution in [2.75, 3.05) is 20.2 Å². The van der Waals surface area contributed by atoms with Crippen LogP contribution in [0.5, 0.6) is 11.5 Å². The van der Waals surface area contributed by atoms with E-state index >= 15 is 0 Å². The van der Waals surface area contributed by atoms with Crippen LogP contribution in [0.1, 0.15) is 20.3 Å². The van der Waals surface area contributed by atoms with Crippen molar-refractivity contribution >= 4 is 11.6 Å². The van der Waals surface area contributed by atoms with Gasteiger partial charge in [0.15, 0.2) is 11.5 Å². The zero-order valence-electron chi connectivity index (χ0n) is 11.8. The Labute approximate surface area is 120 Å². The standard InChI is InChI=1S/C15H22ClNO2/c1-10(2)15(11-6-7-17-9-11)19-13-5-4-12(16)8-14(13)18-3/h4-5,8,10-11,15,17H,6-7,9H2,1-3H3/t11?,15-/m0/s1. The first-order valence-electron chi connectivity index (χ1n) is 6.82. The molecule has 0 aliphatic carbocycles. The number of hydrogen-bond acceptors (Lipinski definition) is 3. The van der Waals surface area contributed by atoms with E-state index in [0.29, 0.717) is 22.6 Å². The Balaban J connectivity index is 2.16. The summed E-state index contributed by atoms with van der Waals surface area (Å²) in [6.45, 7) is 6.50. The van der Waals surface area contributed by atoms with Crippen LogP contribution in [-0.2, 0) is 0 Å². The fourth-order valence-electron chi connectivity index (χ4n) is 2.62. The minimum absolute atomic E-state index is 0.199. The Morgan fingerprint density at radius 2 is 2.11 bits per heavy atom. The molecule has 19 heavy (non-hydrogen) atoms. The Hall–Kier alpha value is -0.930. The number of halogens is 1. The zero-order chi connectivity index (χ0) is 13.8. The summed E-state index contributed by atoms with van der Waals surface area (Å²) in [5.41, 5.74) is 0. The number of ether oxygens (including phenoxy) is 2. The van der Waals surface area contributed by atoms with Crippen LogP contribution >= 0.6 is 11.6 Å². The highest BCUT2D eigenvalue weighted by atomic mass is 35.5. The summed E-state index contributed by atoms with van der Waals surface area (Å²) in [6.07, 6.45) is 1.36. The molecule has 1 aromatic carbocycles. The summed E-state index contributed by atoms with van der Waals surface area (Å²) in [5, 5.41) is 4.06. The molecule has 1 aliphatic rings. The lowest BCUT2D eigenvalue weighted by Gasteiger charge is -2.28. The van der Waals surface area contributed by atoms with E-state index in [1.54, 1.807) is 13.2 Å². The van der Waals surface area contributed by atoms with Crippen LogP contribution in [0, 0.1) is 11.8 Å². The highest BCUT2D eigenvalue weighted by Gasteiger charge is 2.29. The van der Waals surface area contributed by atoms with Crippen LogP contribution < -0.4 is 14.8 Å². The second kappa shape index (κ2) is 6.49. The van der Waals surface area contributed by atoms with E-state index in [1.807, 2.05) is 12.1 Å². The molecule has 4 heteroatoms. The van der Waals surface area contributed by atoms with Crippen molar-refractivity contribution in [2.45, 2.75) is 26.4 Å². The molecule has 1 saturated heterocycles. The lowest BCUT2D eigenvalue weighted by molar-refractivity contribution is 0.0938. The number of hydrogen-bond donors (Lipinski definition) is 1. The Kier molecular flexibility index (Phi) is 4.94. The number of methoxy groups -OCH3 is 1. The van der Waals surface area contributed by atoms with Gasteiger partial charge in [0.2, 0.25) is 0 Å². The van der Waals surface area contributed by atoms with Gasteiger partial charge in [-0.05, 0) is 31.0 Å².